The van der Waals surface area contributed by atoms with Crippen LogP contribution in [0.1, 0.15) is 39.5 Å². The number of rotatable bonds is 12. The van der Waals surface area contributed by atoms with Crippen LogP contribution in [-0.4, -0.2) is 54.3 Å². The van der Waals surface area contributed by atoms with E-state index in [0.29, 0.717) is 6.42 Å². The molecule has 0 spiro atoms. The highest BCUT2D eigenvalue weighted by atomic mass is 16.5. The molecule has 0 aliphatic rings. The molecule has 0 heterocycles. The molecule has 0 aromatic carbocycles. The monoisotopic (exact) mass is 369 g/mol. The van der Waals surface area contributed by atoms with Crippen LogP contribution < -0.4 is 22.1 Å². The number of nitrogens with one attached hydrogen (secondary N) is 3. The summed E-state index contributed by atoms with van der Waals surface area (Å²) in [5.74, 6) is 0.242. The van der Waals surface area contributed by atoms with E-state index < -0.39 is 35.8 Å². The Morgan fingerprint density at radius 1 is 1.23 bits per heavy atom. The van der Waals surface area contributed by atoms with Crippen LogP contribution in [0.4, 0.5) is 4.79 Å². The van der Waals surface area contributed by atoms with Crippen molar-refractivity contribution >= 4 is 29.6 Å². The maximum absolute atomic E-state index is 12.2. The van der Waals surface area contributed by atoms with E-state index in [0.717, 1.165) is 6.08 Å². The van der Waals surface area contributed by atoms with Crippen molar-refractivity contribution in [2.45, 2.75) is 57.7 Å². The highest BCUT2D eigenvalue weighted by Gasteiger charge is 2.26. The van der Waals surface area contributed by atoms with Crippen molar-refractivity contribution < 1.29 is 23.9 Å². The van der Waals surface area contributed by atoms with Gasteiger partial charge in [-0.2, -0.15) is 0 Å². The molecule has 0 saturated heterocycles. The van der Waals surface area contributed by atoms with Gasteiger partial charge in [-0.05, 0) is 39.0 Å². The molecule has 0 bridgehead atoms. The Kier molecular flexibility index (Phi) is 11.3. The van der Waals surface area contributed by atoms with E-state index in [1.54, 1.807) is 13.8 Å². The van der Waals surface area contributed by atoms with Crippen LogP contribution in [0.3, 0.4) is 0 Å². The lowest BCUT2D eigenvalue weighted by Crippen LogP contribution is -2.49. The van der Waals surface area contributed by atoms with Crippen LogP contribution in [0, 0.1) is 5.41 Å². The number of hydrogen-bond donors (Lipinski definition) is 5. The van der Waals surface area contributed by atoms with Gasteiger partial charge in [-0.15, -0.1) is 0 Å². The van der Waals surface area contributed by atoms with Crippen molar-refractivity contribution in [3.63, 3.8) is 0 Å². The maximum Gasteiger partial charge on any atom is 0.328 e. The lowest BCUT2D eigenvalue weighted by Gasteiger charge is -2.21. The average molecular weight is 369 g/mol. The van der Waals surface area contributed by atoms with Gasteiger partial charge in [0.2, 0.25) is 5.91 Å². The normalized spacial score (nSPS) is 12.5. The third-order valence-corrected chi connectivity index (χ3v) is 3.19. The van der Waals surface area contributed by atoms with Crippen molar-refractivity contribution in [1.82, 2.24) is 10.6 Å². The number of amides is 3. The molecule has 0 aliphatic carbocycles. The summed E-state index contributed by atoms with van der Waals surface area (Å²) >= 11 is 0. The number of allylic oxidation sites excluding steroid dienone is 1. The number of urea groups is 1. The second-order valence-electron chi connectivity index (χ2n) is 5.88. The van der Waals surface area contributed by atoms with Crippen molar-refractivity contribution in [2.75, 3.05) is 6.54 Å². The standard InChI is InChI=1S/C16H27N5O5/c1-10(2)26-15(24)13(6-5-11(22)7-8-17)21-14(23)12(18)4-3-9-20-16(19)25/h7,10,12-13,17H,3-6,9,18H2,1-2H3,(H,21,23)(H3,19,20,25)/t12-,13-/m0/s1. The summed E-state index contributed by atoms with van der Waals surface area (Å²) in [6, 6.07) is -2.58. The fourth-order valence-corrected chi connectivity index (χ4v) is 1.95. The van der Waals surface area contributed by atoms with E-state index in [2.05, 4.69) is 10.6 Å². The summed E-state index contributed by atoms with van der Waals surface area (Å²) in [6.07, 6.45) is 1.23. The third-order valence-electron chi connectivity index (χ3n) is 3.19. The highest BCUT2D eigenvalue weighted by molar-refractivity contribution is 5.96. The van der Waals surface area contributed by atoms with Gasteiger partial charge in [0.1, 0.15) is 6.04 Å². The molecule has 146 valence electrons. The molecule has 7 N–H and O–H groups in total. The Bertz CT molecular complexity index is 557. The minimum absolute atomic E-state index is 0.0181. The first-order valence-corrected chi connectivity index (χ1v) is 8.25. The molecule has 10 nitrogen and oxygen atoms in total. The van der Waals surface area contributed by atoms with Gasteiger partial charge in [-0.25, -0.2) is 9.59 Å². The zero-order valence-electron chi connectivity index (χ0n) is 15.0. The van der Waals surface area contributed by atoms with Gasteiger partial charge in [0.05, 0.1) is 12.1 Å². The summed E-state index contributed by atoms with van der Waals surface area (Å²) in [4.78, 5) is 46.3. The first-order chi connectivity index (χ1) is 12.2. The molecule has 10 heteroatoms. The SMILES string of the molecule is CC(C)OC(=O)[C@H](CCC(=O)C=C=N)NC(=O)[C@@H](N)CCCNC(N)=O. The molecular weight excluding hydrogens is 342 g/mol. The zero-order chi connectivity index (χ0) is 20.1. The second kappa shape index (κ2) is 12.6. The number of nitrogens with two attached hydrogens (primary N) is 2. The smallest absolute Gasteiger partial charge is 0.328 e. The number of ketones is 1. The van der Waals surface area contributed by atoms with Gasteiger partial charge in [-0.1, -0.05) is 0 Å². The molecule has 0 saturated carbocycles. The fraction of sp³-hybridized carbons (Fsp3) is 0.625. The Morgan fingerprint density at radius 3 is 2.42 bits per heavy atom. The summed E-state index contributed by atoms with van der Waals surface area (Å²) in [5.41, 5.74) is 10.7. The van der Waals surface area contributed by atoms with Gasteiger partial charge in [0.15, 0.2) is 5.78 Å². The molecule has 0 rings (SSSR count). The van der Waals surface area contributed by atoms with Gasteiger partial charge >= 0.3 is 12.0 Å². The molecule has 0 aliphatic heterocycles. The van der Waals surface area contributed by atoms with Gasteiger partial charge in [-0.3, -0.25) is 15.0 Å². The van der Waals surface area contributed by atoms with Crippen LogP contribution >= 0.6 is 0 Å². The number of esters is 1. The Morgan fingerprint density at radius 2 is 1.88 bits per heavy atom. The third kappa shape index (κ3) is 11.0. The number of primary amides is 1. The van der Waals surface area contributed by atoms with Gasteiger partial charge in [0, 0.05) is 19.0 Å². The average Bonchev–Trinajstić information content (AvgIpc) is 2.54. The Balaban J connectivity index is 4.68. The summed E-state index contributed by atoms with van der Waals surface area (Å²) in [6.45, 7) is 3.61. The quantitative estimate of drug-likeness (QED) is 0.132. The zero-order valence-corrected chi connectivity index (χ0v) is 15.0. The topological polar surface area (TPSA) is 177 Å². The Hall–Kier alpha value is -2.71. The van der Waals surface area contributed by atoms with Gasteiger partial charge in [0.25, 0.3) is 0 Å². The molecule has 0 aromatic rings. The lowest BCUT2D eigenvalue weighted by atomic mass is 10.1. The van der Waals surface area contributed by atoms with Crippen molar-refractivity contribution in [1.29, 1.82) is 5.41 Å². The van der Waals surface area contributed by atoms with E-state index in [-0.39, 0.29) is 31.9 Å². The predicted molar refractivity (Wildman–Crippen MR) is 94.5 cm³/mol. The molecule has 3 amide bonds. The lowest BCUT2D eigenvalue weighted by molar-refractivity contribution is -0.151. The fourth-order valence-electron chi connectivity index (χ4n) is 1.95. The predicted octanol–water partition coefficient (Wildman–Crippen LogP) is -0.647. The first-order valence-electron chi connectivity index (χ1n) is 8.25. The minimum Gasteiger partial charge on any atom is -0.461 e. The molecule has 0 aromatic heterocycles. The first kappa shape index (κ1) is 23.3. The van der Waals surface area contributed by atoms with Gasteiger partial charge < -0.3 is 26.8 Å². The van der Waals surface area contributed by atoms with E-state index in [4.69, 9.17) is 21.6 Å². The van der Waals surface area contributed by atoms with Crippen LogP contribution in [0.15, 0.2) is 6.08 Å². The number of hydrogen-bond acceptors (Lipinski definition) is 7. The van der Waals surface area contributed by atoms with E-state index >= 15 is 0 Å². The van der Waals surface area contributed by atoms with Crippen LogP contribution in [0.5, 0.6) is 0 Å². The Labute approximate surface area is 152 Å². The molecule has 2 atom stereocenters. The second-order valence-corrected chi connectivity index (χ2v) is 5.88. The molecule has 0 radical (unpaired) electrons. The maximum atomic E-state index is 12.2. The largest absolute Gasteiger partial charge is 0.461 e. The summed E-state index contributed by atoms with van der Waals surface area (Å²) < 4.78 is 5.08. The van der Waals surface area contributed by atoms with Crippen molar-refractivity contribution in [3.8, 4) is 0 Å². The van der Waals surface area contributed by atoms with E-state index in [1.165, 1.54) is 0 Å². The number of carbonyl (C=O) groups excluding carboxylic acids is 4. The minimum atomic E-state index is -1.03. The number of carbonyl (C=O) groups is 4. The van der Waals surface area contributed by atoms with Crippen LogP contribution in [0.2, 0.25) is 0 Å². The molecule has 0 fully saturated rings. The van der Waals surface area contributed by atoms with Crippen molar-refractivity contribution in [2.24, 2.45) is 11.5 Å². The number of ether oxygens (including phenoxy) is 1. The van der Waals surface area contributed by atoms with Crippen molar-refractivity contribution in [3.05, 3.63) is 6.08 Å². The summed E-state index contributed by atoms with van der Waals surface area (Å²) in [7, 11) is 0. The molecular formula is C16H27N5O5. The molecule has 0 unspecified atom stereocenters. The summed E-state index contributed by atoms with van der Waals surface area (Å²) in [5, 5.41) is 11.6. The highest BCUT2D eigenvalue weighted by Crippen LogP contribution is 2.05. The van der Waals surface area contributed by atoms with Crippen LogP contribution in [-0.2, 0) is 19.1 Å². The molecule has 26 heavy (non-hydrogen) atoms. The van der Waals surface area contributed by atoms with E-state index in [9.17, 15) is 19.2 Å². The van der Waals surface area contributed by atoms with E-state index in [1.807, 2.05) is 5.87 Å². The van der Waals surface area contributed by atoms with Crippen LogP contribution in [0.25, 0.3) is 0 Å².